The molecule has 1 unspecified atom stereocenters. The van der Waals surface area contributed by atoms with Gasteiger partial charge in [-0.25, -0.2) is 4.98 Å². The van der Waals surface area contributed by atoms with Gasteiger partial charge in [-0.3, -0.25) is 0 Å². The molecule has 0 aliphatic heterocycles. The molecular formula is C9H15N3O2. The van der Waals surface area contributed by atoms with E-state index in [4.69, 9.17) is 9.84 Å². The molecule has 0 aliphatic carbocycles. The Hall–Kier alpha value is -1.36. The molecule has 1 aromatic heterocycles. The lowest BCUT2D eigenvalue weighted by Crippen LogP contribution is -2.16. The SMILES string of the molecule is COc1nc(C)cc(NCC(C)O)n1. The van der Waals surface area contributed by atoms with Crippen LogP contribution in [0.2, 0.25) is 0 Å². The lowest BCUT2D eigenvalue weighted by atomic mass is 10.4. The van der Waals surface area contributed by atoms with E-state index in [2.05, 4.69) is 15.3 Å². The lowest BCUT2D eigenvalue weighted by molar-refractivity contribution is 0.208. The summed E-state index contributed by atoms with van der Waals surface area (Å²) in [5, 5.41) is 12.1. The van der Waals surface area contributed by atoms with Gasteiger partial charge in [-0.05, 0) is 13.8 Å². The van der Waals surface area contributed by atoms with Crippen LogP contribution in [-0.4, -0.2) is 34.8 Å². The number of nitrogens with one attached hydrogen (secondary N) is 1. The van der Waals surface area contributed by atoms with Gasteiger partial charge < -0.3 is 15.2 Å². The van der Waals surface area contributed by atoms with Crippen molar-refractivity contribution in [1.82, 2.24) is 9.97 Å². The number of nitrogens with zero attached hydrogens (tertiary/aromatic N) is 2. The summed E-state index contributed by atoms with van der Waals surface area (Å²) in [4.78, 5) is 8.11. The number of anilines is 1. The molecule has 0 amide bonds. The number of aromatic nitrogens is 2. The van der Waals surface area contributed by atoms with Gasteiger partial charge >= 0.3 is 6.01 Å². The van der Waals surface area contributed by atoms with E-state index in [0.717, 1.165) is 5.69 Å². The fourth-order valence-corrected chi connectivity index (χ4v) is 0.975. The zero-order chi connectivity index (χ0) is 10.6. The molecule has 1 aromatic rings. The van der Waals surface area contributed by atoms with Gasteiger partial charge in [0.2, 0.25) is 0 Å². The first-order valence-corrected chi connectivity index (χ1v) is 4.43. The molecule has 0 aliphatic rings. The molecule has 0 saturated carbocycles. The summed E-state index contributed by atoms with van der Waals surface area (Å²) >= 11 is 0. The van der Waals surface area contributed by atoms with Crippen LogP contribution in [0.25, 0.3) is 0 Å². The average Bonchev–Trinajstić information content (AvgIpc) is 2.14. The van der Waals surface area contributed by atoms with Crippen molar-refractivity contribution in [2.24, 2.45) is 0 Å². The van der Waals surface area contributed by atoms with E-state index in [1.54, 1.807) is 13.0 Å². The van der Waals surface area contributed by atoms with E-state index in [0.29, 0.717) is 18.4 Å². The number of rotatable bonds is 4. The number of aryl methyl sites for hydroxylation is 1. The lowest BCUT2D eigenvalue weighted by Gasteiger charge is -2.08. The van der Waals surface area contributed by atoms with E-state index in [1.807, 2.05) is 6.92 Å². The summed E-state index contributed by atoms with van der Waals surface area (Å²) in [5.41, 5.74) is 0.824. The zero-order valence-corrected chi connectivity index (χ0v) is 8.61. The minimum absolute atomic E-state index is 0.332. The second-order valence-electron chi connectivity index (χ2n) is 3.11. The molecule has 1 rings (SSSR count). The summed E-state index contributed by atoms with van der Waals surface area (Å²) in [6.45, 7) is 4.02. The normalized spacial score (nSPS) is 12.3. The second-order valence-corrected chi connectivity index (χ2v) is 3.11. The van der Waals surface area contributed by atoms with Crippen molar-refractivity contribution in [2.45, 2.75) is 20.0 Å². The maximum Gasteiger partial charge on any atom is 0.318 e. The van der Waals surface area contributed by atoms with Gasteiger partial charge in [0.15, 0.2) is 0 Å². The predicted octanol–water partition coefficient (Wildman–Crippen LogP) is 0.586. The van der Waals surface area contributed by atoms with Crippen molar-refractivity contribution in [2.75, 3.05) is 19.0 Å². The molecule has 5 heteroatoms. The molecule has 14 heavy (non-hydrogen) atoms. The highest BCUT2D eigenvalue weighted by Crippen LogP contribution is 2.10. The van der Waals surface area contributed by atoms with Gasteiger partial charge in [0, 0.05) is 18.3 Å². The van der Waals surface area contributed by atoms with Crippen molar-refractivity contribution in [3.8, 4) is 6.01 Å². The Balaban J connectivity index is 2.71. The highest BCUT2D eigenvalue weighted by molar-refractivity contribution is 5.36. The number of hydrogen-bond acceptors (Lipinski definition) is 5. The summed E-state index contributed by atoms with van der Waals surface area (Å²) in [6, 6.07) is 2.13. The van der Waals surface area contributed by atoms with Gasteiger partial charge in [0.1, 0.15) is 5.82 Å². The molecule has 78 valence electrons. The quantitative estimate of drug-likeness (QED) is 0.739. The first kappa shape index (κ1) is 10.7. The third-order valence-corrected chi connectivity index (χ3v) is 1.59. The number of aliphatic hydroxyl groups is 1. The Bertz CT molecular complexity index is 302. The minimum Gasteiger partial charge on any atom is -0.467 e. The number of hydrogen-bond donors (Lipinski definition) is 2. The van der Waals surface area contributed by atoms with Crippen LogP contribution in [0.5, 0.6) is 6.01 Å². The Labute approximate surface area is 83.2 Å². The van der Waals surface area contributed by atoms with Gasteiger partial charge in [-0.2, -0.15) is 4.98 Å². The van der Waals surface area contributed by atoms with E-state index in [9.17, 15) is 0 Å². The van der Waals surface area contributed by atoms with Crippen molar-refractivity contribution >= 4 is 5.82 Å². The molecule has 2 N–H and O–H groups in total. The highest BCUT2D eigenvalue weighted by atomic mass is 16.5. The largest absolute Gasteiger partial charge is 0.467 e. The van der Waals surface area contributed by atoms with Crippen molar-refractivity contribution < 1.29 is 9.84 Å². The third-order valence-electron chi connectivity index (χ3n) is 1.59. The maximum absolute atomic E-state index is 9.07. The Morgan fingerprint density at radius 2 is 2.29 bits per heavy atom. The minimum atomic E-state index is -0.406. The monoisotopic (exact) mass is 197 g/mol. The van der Waals surface area contributed by atoms with Crippen LogP contribution in [0, 0.1) is 6.92 Å². The molecular weight excluding hydrogens is 182 g/mol. The van der Waals surface area contributed by atoms with Gasteiger partial charge in [-0.15, -0.1) is 0 Å². The summed E-state index contributed by atoms with van der Waals surface area (Å²) < 4.78 is 4.92. The van der Waals surface area contributed by atoms with Gasteiger partial charge in [0.25, 0.3) is 0 Å². The van der Waals surface area contributed by atoms with Crippen LogP contribution in [-0.2, 0) is 0 Å². The smallest absolute Gasteiger partial charge is 0.318 e. The van der Waals surface area contributed by atoms with Gasteiger partial charge in [0.05, 0.1) is 13.2 Å². The molecule has 0 radical (unpaired) electrons. The van der Waals surface area contributed by atoms with Crippen LogP contribution in [0.4, 0.5) is 5.82 Å². The van der Waals surface area contributed by atoms with Crippen LogP contribution < -0.4 is 10.1 Å². The third kappa shape index (κ3) is 3.18. The van der Waals surface area contributed by atoms with Crippen molar-refractivity contribution in [3.63, 3.8) is 0 Å². The Morgan fingerprint density at radius 1 is 1.57 bits per heavy atom. The van der Waals surface area contributed by atoms with Crippen molar-refractivity contribution in [1.29, 1.82) is 0 Å². The number of methoxy groups -OCH3 is 1. The van der Waals surface area contributed by atoms with Crippen LogP contribution >= 0.6 is 0 Å². The van der Waals surface area contributed by atoms with Crippen LogP contribution in [0.15, 0.2) is 6.07 Å². The maximum atomic E-state index is 9.07. The fourth-order valence-electron chi connectivity index (χ4n) is 0.975. The molecule has 0 fully saturated rings. The molecule has 0 bridgehead atoms. The molecule has 1 atom stereocenters. The average molecular weight is 197 g/mol. The Morgan fingerprint density at radius 3 is 2.86 bits per heavy atom. The van der Waals surface area contributed by atoms with E-state index in [1.165, 1.54) is 7.11 Å². The summed E-state index contributed by atoms with van der Waals surface area (Å²) in [7, 11) is 1.52. The second kappa shape index (κ2) is 4.76. The van der Waals surface area contributed by atoms with Crippen molar-refractivity contribution in [3.05, 3.63) is 11.8 Å². The van der Waals surface area contributed by atoms with Crippen LogP contribution in [0.1, 0.15) is 12.6 Å². The number of aliphatic hydroxyl groups excluding tert-OH is 1. The fraction of sp³-hybridized carbons (Fsp3) is 0.556. The van der Waals surface area contributed by atoms with Crippen LogP contribution in [0.3, 0.4) is 0 Å². The zero-order valence-electron chi connectivity index (χ0n) is 8.61. The number of ether oxygens (including phenoxy) is 1. The van der Waals surface area contributed by atoms with E-state index < -0.39 is 6.10 Å². The molecule has 0 saturated heterocycles. The first-order chi connectivity index (χ1) is 6.61. The summed E-state index contributed by atoms with van der Waals surface area (Å²) in [6.07, 6.45) is -0.406. The van der Waals surface area contributed by atoms with Gasteiger partial charge in [-0.1, -0.05) is 0 Å². The predicted molar refractivity (Wildman–Crippen MR) is 53.5 cm³/mol. The Kier molecular flexibility index (Phi) is 3.64. The topological polar surface area (TPSA) is 67.3 Å². The molecule has 0 aromatic carbocycles. The van der Waals surface area contributed by atoms with E-state index >= 15 is 0 Å². The standard InChI is InChI=1S/C9H15N3O2/c1-6-4-8(10-5-7(2)13)12-9(11-6)14-3/h4,7,13H,5H2,1-3H3,(H,10,11,12). The molecule has 5 nitrogen and oxygen atoms in total. The van der Waals surface area contributed by atoms with E-state index in [-0.39, 0.29) is 0 Å². The molecule has 1 heterocycles. The highest BCUT2D eigenvalue weighted by Gasteiger charge is 2.02. The molecule has 0 spiro atoms. The summed E-state index contributed by atoms with van der Waals surface area (Å²) in [5.74, 6) is 0.662. The first-order valence-electron chi connectivity index (χ1n) is 4.43.